The Morgan fingerprint density at radius 3 is 2.10 bits per heavy atom. The molecule has 0 fully saturated rings. The molecule has 0 spiro atoms. The molecule has 202 valence electrons. The Hall–Kier alpha value is -2.48. The molecule has 0 N–H and O–H groups in total. The topological polar surface area (TPSA) is 0 Å². The molecule has 4 heteroatoms. The fourth-order valence-electron chi connectivity index (χ4n) is 7.04. The molecular formula is C37H32Cl2SiZr. The molecule has 0 aromatic heterocycles. The van der Waals surface area contributed by atoms with Crippen molar-refractivity contribution in [3.63, 3.8) is 0 Å². The zero-order chi connectivity index (χ0) is 28.3. The van der Waals surface area contributed by atoms with Gasteiger partial charge in [0.05, 0.1) is 0 Å². The molecular weight excluding hydrogens is 635 g/mol. The molecule has 2 aliphatic rings. The quantitative estimate of drug-likeness (QED) is 0.163. The van der Waals surface area contributed by atoms with E-state index in [0.717, 1.165) is 0 Å². The van der Waals surface area contributed by atoms with Crippen LogP contribution in [-0.2, 0) is 17.9 Å². The molecule has 5 aromatic carbocycles. The Kier molecular flexibility index (Phi) is 7.11. The minimum atomic E-state index is -4.02. The second-order valence-electron chi connectivity index (χ2n) is 11.7. The van der Waals surface area contributed by atoms with Gasteiger partial charge >= 0.3 is 259 Å². The van der Waals surface area contributed by atoms with Gasteiger partial charge in [-0.1, -0.05) is 0 Å². The molecule has 0 saturated heterocycles. The summed E-state index contributed by atoms with van der Waals surface area (Å²) in [5, 5.41) is 2.99. The zero-order valence-electron chi connectivity index (χ0n) is 23.6. The van der Waals surface area contributed by atoms with Crippen molar-refractivity contribution in [1.82, 2.24) is 0 Å². The standard InChI is InChI=1S/C25H23.C12H9Si.2ClH.Zr/c1-17(2)21-15-20-14-13-18(3)25(24(20)16-21)23-12-8-7-11-22(23)19-9-5-4-6-10-19;1-3-7-11-9(5-1)10-6-2-4-8-12(10)13-11;;;/h4-17H,1-3H3;1-7H,13H2;2*1H;/q;;;;+2/p-2. The van der Waals surface area contributed by atoms with Crippen LogP contribution >= 0.6 is 17.0 Å². The normalized spacial score (nSPS) is 16.0. The number of aryl methyl sites for hydroxylation is 1. The molecule has 0 nitrogen and oxygen atoms in total. The van der Waals surface area contributed by atoms with Crippen molar-refractivity contribution in [2.45, 2.75) is 24.4 Å². The number of hydrogen-bond acceptors (Lipinski definition) is 0. The molecule has 41 heavy (non-hydrogen) atoms. The van der Waals surface area contributed by atoms with E-state index in [-0.39, 0.29) is 3.63 Å². The fraction of sp³-hybridized carbons (Fsp3) is 0.135. The Balaban J connectivity index is 1.42. The van der Waals surface area contributed by atoms with E-state index in [9.17, 15) is 0 Å². The van der Waals surface area contributed by atoms with E-state index in [1.165, 1.54) is 69.3 Å². The maximum atomic E-state index is 7.88. The van der Waals surface area contributed by atoms with Crippen molar-refractivity contribution in [1.29, 1.82) is 0 Å². The van der Waals surface area contributed by atoms with Gasteiger partial charge in [0.15, 0.2) is 0 Å². The maximum absolute atomic E-state index is 7.88. The summed E-state index contributed by atoms with van der Waals surface area (Å²) in [5.41, 5.74) is 13.1. The van der Waals surface area contributed by atoms with Crippen LogP contribution < -0.4 is 13.6 Å². The van der Waals surface area contributed by atoms with Gasteiger partial charge in [-0.2, -0.15) is 0 Å². The third-order valence-corrected chi connectivity index (χ3v) is 23.2. The van der Waals surface area contributed by atoms with Gasteiger partial charge in [-0.3, -0.25) is 0 Å². The summed E-state index contributed by atoms with van der Waals surface area (Å²) in [6.07, 6.45) is 2.44. The van der Waals surface area contributed by atoms with E-state index in [0.29, 0.717) is 5.92 Å². The van der Waals surface area contributed by atoms with Crippen LogP contribution in [0.25, 0.3) is 39.5 Å². The van der Waals surface area contributed by atoms with Crippen LogP contribution in [0.1, 0.15) is 34.2 Å². The summed E-state index contributed by atoms with van der Waals surface area (Å²) >= 11 is -4.02. The van der Waals surface area contributed by atoms with Gasteiger partial charge in [-0.25, -0.2) is 0 Å². The fourth-order valence-corrected chi connectivity index (χ4v) is 24.1. The predicted octanol–water partition coefficient (Wildman–Crippen LogP) is 8.31. The number of rotatable bonds is 5. The SMILES string of the molecule is Cc1ccc2c(c1-c1ccccc1-c1ccccc1)C=C(C(C)C)[CH]2[Zr]([Cl])([Cl])[c]1cccc2c1[SiH2]c1ccccc1-2. The van der Waals surface area contributed by atoms with E-state index < -0.39 is 27.4 Å². The van der Waals surface area contributed by atoms with E-state index in [4.69, 9.17) is 17.0 Å². The molecule has 1 atom stereocenters. The van der Waals surface area contributed by atoms with Gasteiger partial charge in [0.2, 0.25) is 0 Å². The van der Waals surface area contributed by atoms with Crippen LogP contribution in [-0.4, -0.2) is 9.52 Å². The summed E-state index contributed by atoms with van der Waals surface area (Å²) in [6, 6.07) is 39.7. The van der Waals surface area contributed by atoms with E-state index in [1.807, 2.05) is 0 Å². The van der Waals surface area contributed by atoms with Gasteiger partial charge in [0.1, 0.15) is 0 Å². The molecule has 0 radical (unpaired) electrons. The molecule has 5 aromatic rings. The van der Waals surface area contributed by atoms with Crippen molar-refractivity contribution in [2.24, 2.45) is 5.92 Å². The van der Waals surface area contributed by atoms with Gasteiger partial charge in [0, 0.05) is 0 Å². The van der Waals surface area contributed by atoms with Crippen molar-refractivity contribution in [3.05, 3.63) is 131 Å². The molecule has 0 amide bonds. The Labute approximate surface area is 257 Å². The molecule has 1 aliphatic heterocycles. The predicted molar refractivity (Wildman–Crippen MR) is 179 cm³/mol. The van der Waals surface area contributed by atoms with Crippen LogP contribution in [0.5, 0.6) is 0 Å². The summed E-state index contributed by atoms with van der Waals surface area (Å²) < 4.78 is 1.37. The first-order valence-corrected chi connectivity index (χ1v) is 24.8. The van der Waals surface area contributed by atoms with Crippen molar-refractivity contribution in [2.75, 3.05) is 0 Å². The number of fused-ring (bicyclic) bond motifs is 4. The number of halogens is 2. The number of benzene rings is 5. The second kappa shape index (κ2) is 10.7. The van der Waals surface area contributed by atoms with Crippen molar-refractivity contribution >= 4 is 46.3 Å². The van der Waals surface area contributed by atoms with Crippen LogP contribution in [0.4, 0.5) is 0 Å². The van der Waals surface area contributed by atoms with Crippen LogP contribution in [0.2, 0.25) is 0 Å². The van der Waals surface area contributed by atoms with Crippen molar-refractivity contribution in [3.8, 4) is 33.4 Å². The molecule has 0 bridgehead atoms. The third kappa shape index (κ3) is 4.50. The third-order valence-electron chi connectivity index (χ3n) is 8.96. The first-order chi connectivity index (χ1) is 19.9. The Morgan fingerprint density at radius 2 is 1.34 bits per heavy atom. The zero-order valence-corrected chi connectivity index (χ0v) is 29.0. The van der Waals surface area contributed by atoms with Crippen molar-refractivity contribution < 1.29 is 17.9 Å². The van der Waals surface area contributed by atoms with Crippen LogP contribution in [0, 0.1) is 12.8 Å². The monoisotopic (exact) mass is 664 g/mol. The second-order valence-corrected chi connectivity index (χ2v) is 27.5. The summed E-state index contributed by atoms with van der Waals surface area (Å²) in [7, 11) is 15.1. The van der Waals surface area contributed by atoms with Crippen LogP contribution in [0.3, 0.4) is 0 Å². The summed E-state index contributed by atoms with van der Waals surface area (Å²) in [5.74, 6) is 0.352. The van der Waals surface area contributed by atoms with E-state index >= 15 is 0 Å². The Morgan fingerprint density at radius 1 is 0.683 bits per heavy atom. The average Bonchev–Trinajstić information content (AvgIpc) is 3.57. The van der Waals surface area contributed by atoms with E-state index in [2.05, 4.69) is 136 Å². The van der Waals surface area contributed by atoms with Gasteiger partial charge in [-0.05, 0) is 0 Å². The summed E-state index contributed by atoms with van der Waals surface area (Å²) in [6.45, 7) is 6.83. The molecule has 1 heterocycles. The van der Waals surface area contributed by atoms with Gasteiger partial charge in [0.25, 0.3) is 0 Å². The first kappa shape index (κ1) is 27.4. The molecule has 1 unspecified atom stereocenters. The van der Waals surface area contributed by atoms with Gasteiger partial charge < -0.3 is 0 Å². The molecule has 7 rings (SSSR count). The summed E-state index contributed by atoms with van der Waals surface area (Å²) in [4.78, 5) is 0. The number of allylic oxidation sites excluding steroid dienone is 1. The molecule has 1 aliphatic carbocycles. The molecule has 0 saturated carbocycles. The van der Waals surface area contributed by atoms with Gasteiger partial charge in [-0.15, -0.1) is 0 Å². The van der Waals surface area contributed by atoms with Crippen LogP contribution in [0.15, 0.2) is 115 Å². The van der Waals surface area contributed by atoms with E-state index in [1.54, 1.807) is 0 Å². The first-order valence-electron chi connectivity index (χ1n) is 14.4. The Bertz CT molecular complexity index is 1840. The average molecular weight is 667 g/mol. The minimum absolute atomic E-state index is 0.0788. The number of hydrogen-bond donors (Lipinski definition) is 0.